The van der Waals surface area contributed by atoms with Crippen LogP contribution >= 0.6 is 0 Å². The minimum absolute atomic E-state index is 0.173. The molecule has 0 radical (unpaired) electrons. The number of carbonyl (C=O) groups is 1. The first kappa shape index (κ1) is 14.6. The minimum atomic E-state index is -0.549. The van der Waals surface area contributed by atoms with E-state index >= 15 is 0 Å². The van der Waals surface area contributed by atoms with E-state index in [0.29, 0.717) is 12.0 Å². The van der Waals surface area contributed by atoms with Crippen LogP contribution in [0.2, 0.25) is 0 Å². The largest absolute Gasteiger partial charge is 0.373 e. The lowest BCUT2D eigenvalue weighted by Crippen LogP contribution is -2.08. The van der Waals surface area contributed by atoms with E-state index in [4.69, 9.17) is 0 Å². The highest BCUT2D eigenvalue weighted by Gasteiger charge is 2.16. The molecular weight excluding hydrogens is 275 g/mol. The molecule has 0 unspecified atom stereocenters. The third-order valence-corrected chi connectivity index (χ3v) is 3.10. The summed E-state index contributed by atoms with van der Waals surface area (Å²) in [5.41, 5.74) is 1.17. The second-order valence-corrected chi connectivity index (χ2v) is 4.57. The van der Waals surface area contributed by atoms with E-state index in [0.717, 1.165) is 5.56 Å². The highest BCUT2D eigenvalue weighted by Crippen LogP contribution is 2.28. The number of halogens is 1. The first-order chi connectivity index (χ1) is 10.0. The molecule has 0 fully saturated rings. The Labute approximate surface area is 120 Å². The number of rotatable bonds is 5. The summed E-state index contributed by atoms with van der Waals surface area (Å²) in [7, 11) is 0. The predicted molar refractivity (Wildman–Crippen MR) is 76.9 cm³/mol. The fourth-order valence-corrected chi connectivity index (χ4v) is 1.96. The molecule has 0 heterocycles. The molecule has 1 atom stereocenters. The van der Waals surface area contributed by atoms with Crippen LogP contribution in [0.1, 0.15) is 28.9 Å². The van der Waals surface area contributed by atoms with Crippen LogP contribution in [0, 0.1) is 15.9 Å². The number of anilines is 1. The van der Waals surface area contributed by atoms with Crippen LogP contribution in [0.15, 0.2) is 42.5 Å². The normalized spacial score (nSPS) is 11.7. The van der Waals surface area contributed by atoms with Gasteiger partial charge < -0.3 is 5.32 Å². The number of benzene rings is 2. The number of nitro groups is 1. The molecule has 0 aliphatic heterocycles. The van der Waals surface area contributed by atoms with Crippen LogP contribution in [-0.2, 0) is 0 Å². The summed E-state index contributed by atoms with van der Waals surface area (Å²) >= 11 is 0. The van der Waals surface area contributed by atoms with E-state index in [1.165, 1.54) is 30.3 Å². The van der Waals surface area contributed by atoms with Gasteiger partial charge in [0.1, 0.15) is 17.8 Å². The molecule has 0 aliphatic rings. The lowest BCUT2D eigenvalue weighted by molar-refractivity contribution is -0.384. The van der Waals surface area contributed by atoms with E-state index in [-0.39, 0.29) is 23.1 Å². The zero-order valence-electron chi connectivity index (χ0n) is 11.2. The van der Waals surface area contributed by atoms with Crippen molar-refractivity contribution >= 4 is 17.7 Å². The van der Waals surface area contributed by atoms with Gasteiger partial charge in [0.15, 0.2) is 0 Å². The third kappa shape index (κ3) is 3.42. The Bertz CT molecular complexity index is 671. The van der Waals surface area contributed by atoms with Crippen molar-refractivity contribution in [2.75, 3.05) is 5.32 Å². The van der Waals surface area contributed by atoms with Gasteiger partial charge in [-0.15, -0.1) is 0 Å². The van der Waals surface area contributed by atoms with E-state index < -0.39 is 4.92 Å². The van der Waals surface area contributed by atoms with E-state index in [9.17, 15) is 19.3 Å². The third-order valence-electron chi connectivity index (χ3n) is 3.10. The maximum Gasteiger partial charge on any atom is 0.293 e. The number of carbonyl (C=O) groups excluding carboxylic acids is 1. The first-order valence-electron chi connectivity index (χ1n) is 6.27. The Morgan fingerprint density at radius 3 is 2.48 bits per heavy atom. The Balaban J connectivity index is 2.28. The predicted octanol–water partition coefficient (Wildman–Crippen LogP) is 3.72. The van der Waals surface area contributed by atoms with Gasteiger partial charge in [0, 0.05) is 17.7 Å². The molecule has 0 amide bonds. The molecule has 6 heteroatoms. The van der Waals surface area contributed by atoms with Crippen LogP contribution in [0.4, 0.5) is 15.8 Å². The van der Waals surface area contributed by atoms with E-state index in [2.05, 4.69) is 5.32 Å². The lowest BCUT2D eigenvalue weighted by Gasteiger charge is -2.16. The first-order valence-corrected chi connectivity index (χ1v) is 6.27. The summed E-state index contributed by atoms with van der Waals surface area (Å²) < 4.78 is 12.9. The second kappa shape index (κ2) is 6.13. The van der Waals surface area contributed by atoms with Crippen molar-refractivity contribution in [1.82, 2.24) is 0 Å². The van der Waals surface area contributed by atoms with Crippen LogP contribution < -0.4 is 5.32 Å². The van der Waals surface area contributed by atoms with E-state index in [1.54, 1.807) is 12.1 Å². The van der Waals surface area contributed by atoms with Crippen LogP contribution in [0.25, 0.3) is 0 Å². The maximum absolute atomic E-state index is 12.9. The Morgan fingerprint density at radius 2 is 1.90 bits per heavy atom. The van der Waals surface area contributed by atoms with Crippen LogP contribution in [0.3, 0.4) is 0 Å². The molecule has 21 heavy (non-hydrogen) atoms. The second-order valence-electron chi connectivity index (χ2n) is 4.57. The Kier molecular flexibility index (Phi) is 4.27. The number of nitro benzene ring substituents is 1. The summed E-state index contributed by atoms with van der Waals surface area (Å²) in [4.78, 5) is 21.2. The van der Waals surface area contributed by atoms with Crippen molar-refractivity contribution in [2.24, 2.45) is 0 Å². The Morgan fingerprint density at radius 1 is 1.24 bits per heavy atom. The van der Waals surface area contributed by atoms with Crippen molar-refractivity contribution in [1.29, 1.82) is 0 Å². The van der Waals surface area contributed by atoms with Gasteiger partial charge in [-0.25, -0.2) is 4.39 Å². The zero-order chi connectivity index (χ0) is 15.4. The summed E-state index contributed by atoms with van der Waals surface area (Å²) in [6.45, 7) is 1.81. The smallest absolute Gasteiger partial charge is 0.293 e. The molecule has 0 bridgehead atoms. The molecule has 108 valence electrons. The van der Waals surface area contributed by atoms with Gasteiger partial charge in [-0.2, -0.15) is 0 Å². The molecule has 0 saturated carbocycles. The number of nitrogens with one attached hydrogen (secondary N) is 1. The van der Waals surface area contributed by atoms with Gasteiger partial charge in [-0.05, 0) is 36.8 Å². The van der Waals surface area contributed by atoms with Gasteiger partial charge in [-0.1, -0.05) is 12.1 Å². The number of hydrogen-bond acceptors (Lipinski definition) is 4. The Hall–Kier alpha value is -2.76. The van der Waals surface area contributed by atoms with Crippen LogP contribution in [-0.4, -0.2) is 11.2 Å². The molecule has 5 nitrogen and oxygen atoms in total. The van der Waals surface area contributed by atoms with Crippen molar-refractivity contribution in [3.63, 3.8) is 0 Å². The lowest BCUT2D eigenvalue weighted by atomic mass is 10.1. The van der Waals surface area contributed by atoms with Gasteiger partial charge in [0.25, 0.3) is 5.69 Å². The molecule has 2 rings (SSSR count). The van der Waals surface area contributed by atoms with Gasteiger partial charge in [0.05, 0.1) is 4.92 Å². The highest BCUT2D eigenvalue weighted by atomic mass is 19.1. The molecule has 0 aliphatic carbocycles. The summed E-state index contributed by atoms with van der Waals surface area (Å²) in [6, 6.07) is 9.84. The molecule has 0 saturated heterocycles. The van der Waals surface area contributed by atoms with Crippen molar-refractivity contribution in [3.05, 3.63) is 69.5 Å². The average Bonchev–Trinajstić information content (AvgIpc) is 2.48. The molecule has 0 aromatic heterocycles. The molecule has 2 aromatic carbocycles. The monoisotopic (exact) mass is 288 g/mol. The van der Waals surface area contributed by atoms with Crippen molar-refractivity contribution < 1.29 is 14.1 Å². The number of aldehydes is 1. The maximum atomic E-state index is 12.9. The fraction of sp³-hybridized carbons (Fsp3) is 0.133. The summed E-state index contributed by atoms with van der Waals surface area (Å²) in [6.07, 6.45) is 0.556. The van der Waals surface area contributed by atoms with E-state index in [1.807, 2.05) is 6.92 Å². The summed E-state index contributed by atoms with van der Waals surface area (Å²) in [5.74, 6) is -0.340. The molecule has 0 spiro atoms. The van der Waals surface area contributed by atoms with Gasteiger partial charge >= 0.3 is 0 Å². The van der Waals surface area contributed by atoms with Gasteiger partial charge in [-0.3, -0.25) is 14.9 Å². The molecule has 1 N–H and O–H groups in total. The quantitative estimate of drug-likeness (QED) is 0.517. The zero-order valence-corrected chi connectivity index (χ0v) is 11.2. The molecular formula is C15H13FN2O3. The number of nitrogens with zero attached hydrogens (tertiary/aromatic N) is 1. The van der Waals surface area contributed by atoms with Crippen LogP contribution in [0.5, 0.6) is 0 Å². The standard InChI is InChI=1S/C15H13FN2O3/c1-10(12-3-5-13(16)6-4-12)17-14-7-2-11(9-19)8-15(14)18(20)21/h2-10,17H,1H3/t10-/m1/s1. The topological polar surface area (TPSA) is 72.2 Å². The highest BCUT2D eigenvalue weighted by molar-refractivity contribution is 5.79. The SMILES string of the molecule is C[C@@H](Nc1ccc(C=O)cc1[N+](=O)[O-])c1ccc(F)cc1. The minimum Gasteiger partial charge on any atom is -0.373 e. The average molecular weight is 288 g/mol. The number of hydrogen-bond donors (Lipinski definition) is 1. The summed E-state index contributed by atoms with van der Waals surface area (Å²) in [5, 5.41) is 14.1. The fourth-order valence-electron chi connectivity index (χ4n) is 1.96. The van der Waals surface area contributed by atoms with Crippen molar-refractivity contribution in [2.45, 2.75) is 13.0 Å². The molecule has 2 aromatic rings. The van der Waals surface area contributed by atoms with Gasteiger partial charge in [0.2, 0.25) is 0 Å². The van der Waals surface area contributed by atoms with Crippen molar-refractivity contribution in [3.8, 4) is 0 Å².